The van der Waals surface area contributed by atoms with Crippen molar-refractivity contribution >= 4 is 22.4 Å². The Hall–Kier alpha value is -1.99. The Morgan fingerprint density at radius 2 is 2.25 bits per heavy atom. The molecular formula is C17H20N4O2S. The molecule has 0 unspecified atom stereocenters. The topological polar surface area (TPSA) is 67.3 Å². The van der Waals surface area contributed by atoms with Crippen LogP contribution in [0.15, 0.2) is 30.3 Å². The summed E-state index contributed by atoms with van der Waals surface area (Å²) in [7, 11) is 0. The van der Waals surface area contributed by atoms with Crippen LogP contribution in [-0.4, -0.2) is 49.0 Å². The van der Waals surface area contributed by atoms with Crippen LogP contribution >= 0.6 is 11.3 Å². The Bertz CT molecular complexity index is 735. The van der Waals surface area contributed by atoms with Crippen molar-refractivity contribution in [3.8, 4) is 0 Å². The molecule has 2 aliphatic rings. The van der Waals surface area contributed by atoms with Gasteiger partial charge in [-0.25, -0.2) is 0 Å². The van der Waals surface area contributed by atoms with Gasteiger partial charge in [0.15, 0.2) is 0 Å². The van der Waals surface area contributed by atoms with E-state index in [1.807, 2.05) is 37.3 Å². The first kappa shape index (κ1) is 15.5. The van der Waals surface area contributed by atoms with Gasteiger partial charge in [-0.3, -0.25) is 4.79 Å². The first-order chi connectivity index (χ1) is 11.7. The standard InChI is InChI=1S/C17H20N4O2S/c1-12-19-20-16(24-12)21-7-14-8-23-11-17(14,10-21)9-18-15(22)13-5-3-2-4-6-13/h2-6,14H,7-11H2,1H3,(H,18,22)/t14-,17+/m1/s1. The predicted octanol–water partition coefficient (Wildman–Crippen LogP) is 1.73. The number of carbonyl (C=O) groups excluding carboxylic acids is 1. The number of nitrogens with zero attached hydrogens (tertiary/aromatic N) is 3. The molecule has 2 aliphatic heterocycles. The highest BCUT2D eigenvalue weighted by Gasteiger charge is 2.51. The van der Waals surface area contributed by atoms with Crippen LogP contribution in [0, 0.1) is 18.3 Å². The lowest BCUT2D eigenvalue weighted by Gasteiger charge is -2.27. The van der Waals surface area contributed by atoms with E-state index in [-0.39, 0.29) is 11.3 Å². The van der Waals surface area contributed by atoms with Crippen LogP contribution in [0.1, 0.15) is 15.4 Å². The van der Waals surface area contributed by atoms with Gasteiger partial charge in [0.2, 0.25) is 5.13 Å². The minimum Gasteiger partial charge on any atom is -0.380 e. The van der Waals surface area contributed by atoms with Crippen LogP contribution in [0.4, 0.5) is 5.13 Å². The minimum absolute atomic E-state index is 0.0270. The Balaban J connectivity index is 1.46. The van der Waals surface area contributed by atoms with Gasteiger partial charge in [0.1, 0.15) is 5.01 Å². The second-order valence-electron chi connectivity index (χ2n) is 6.61. The van der Waals surface area contributed by atoms with Gasteiger partial charge >= 0.3 is 0 Å². The van der Waals surface area contributed by atoms with Gasteiger partial charge in [0, 0.05) is 36.5 Å². The van der Waals surface area contributed by atoms with Gasteiger partial charge in [-0.05, 0) is 19.1 Å². The van der Waals surface area contributed by atoms with Crippen LogP contribution in [0.25, 0.3) is 0 Å². The molecule has 2 fully saturated rings. The van der Waals surface area contributed by atoms with Crippen molar-refractivity contribution in [1.29, 1.82) is 0 Å². The molecule has 0 bridgehead atoms. The van der Waals surface area contributed by atoms with E-state index in [1.54, 1.807) is 11.3 Å². The molecule has 1 N–H and O–H groups in total. The molecular weight excluding hydrogens is 324 g/mol. The van der Waals surface area contributed by atoms with Gasteiger partial charge < -0.3 is 15.0 Å². The first-order valence-electron chi connectivity index (χ1n) is 8.12. The van der Waals surface area contributed by atoms with E-state index in [4.69, 9.17) is 4.74 Å². The van der Waals surface area contributed by atoms with Gasteiger partial charge in [-0.2, -0.15) is 0 Å². The second-order valence-corrected chi connectivity index (χ2v) is 7.77. The molecule has 1 amide bonds. The number of hydrogen-bond donors (Lipinski definition) is 1. The molecule has 3 heterocycles. The predicted molar refractivity (Wildman–Crippen MR) is 92.4 cm³/mol. The fourth-order valence-corrected chi connectivity index (χ4v) is 4.29. The molecule has 6 nitrogen and oxygen atoms in total. The number of carbonyl (C=O) groups is 1. The van der Waals surface area contributed by atoms with E-state index in [2.05, 4.69) is 20.4 Å². The van der Waals surface area contributed by atoms with Crippen molar-refractivity contribution in [2.45, 2.75) is 6.92 Å². The van der Waals surface area contributed by atoms with Gasteiger partial charge in [-0.15, -0.1) is 10.2 Å². The number of anilines is 1. The number of ether oxygens (including phenoxy) is 1. The van der Waals surface area contributed by atoms with Gasteiger partial charge in [-0.1, -0.05) is 29.5 Å². The molecule has 4 rings (SSSR count). The molecule has 2 saturated heterocycles. The van der Waals surface area contributed by atoms with Crippen molar-refractivity contribution in [2.24, 2.45) is 11.3 Å². The highest BCUT2D eigenvalue weighted by Crippen LogP contribution is 2.43. The molecule has 0 saturated carbocycles. The highest BCUT2D eigenvalue weighted by molar-refractivity contribution is 7.15. The number of rotatable bonds is 4. The summed E-state index contributed by atoms with van der Waals surface area (Å²) < 4.78 is 5.73. The molecule has 24 heavy (non-hydrogen) atoms. The number of fused-ring (bicyclic) bond motifs is 1. The fourth-order valence-electron chi connectivity index (χ4n) is 3.59. The van der Waals surface area contributed by atoms with Crippen LogP contribution in [0.5, 0.6) is 0 Å². The molecule has 0 spiro atoms. The van der Waals surface area contributed by atoms with E-state index < -0.39 is 0 Å². The van der Waals surface area contributed by atoms with Gasteiger partial charge in [0.25, 0.3) is 5.91 Å². The highest BCUT2D eigenvalue weighted by atomic mass is 32.1. The summed E-state index contributed by atoms with van der Waals surface area (Å²) in [5.74, 6) is 0.388. The number of hydrogen-bond acceptors (Lipinski definition) is 6. The number of benzene rings is 1. The number of aryl methyl sites for hydroxylation is 1. The van der Waals surface area contributed by atoms with Crippen LogP contribution in [-0.2, 0) is 4.74 Å². The van der Waals surface area contributed by atoms with Crippen molar-refractivity contribution in [1.82, 2.24) is 15.5 Å². The molecule has 2 aromatic rings. The summed E-state index contributed by atoms with van der Waals surface area (Å²) in [5, 5.41) is 13.4. The normalized spacial score (nSPS) is 25.7. The third-order valence-corrected chi connectivity index (χ3v) is 5.84. The third kappa shape index (κ3) is 2.78. The summed E-state index contributed by atoms with van der Waals surface area (Å²) in [6, 6.07) is 9.34. The lowest BCUT2D eigenvalue weighted by molar-refractivity contribution is 0.0920. The summed E-state index contributed by atoms with van der Waals surface area (Å²) in [5.41, 5.74) is 0.656. The van der Waals surface area contributed by atoms with E-state index in [0.717, 1.165) is 29.8 Å². The molecule has 1 aromatic heterocycles. The van der Waals surface area contributed by atoms with Crippen molar-refractivity contribution in [2.75, 3.05) is 37.7 Å². The van der Waals surface area contributed by atoms with Crippen LogP contribution in [0.2, 0.25) is 0 Å². The quantitative estimate of drug-likeness (QED) is 0.915. The zero-order valence-corrected chi connectivity index (χ0v) is 14.4. The van der Waals surface area contributed by atoms with E-state index in [0.29, 0.717) is 24.6 Å². The average molecular weight is 344 g/mol. The Labute approximate surface area is 144 Å². The molecule has 126 valence electrons. The van der Waals surface area contributed by atoms with E-state index in [1.165, 1.54) is 0 Å². The number of aromatic nitrogens is 2. The maximum atomic E-state index is 12.4. The third-order valence-electron chi connectivity index (χ3n) is 4.94. The molecule has 7 heteroatoms. The maximum absolute atomic E-state index is 12.4. The summed E-state index contributed by atoms with van der Waals surface area (Å²) >= 11 is 1.62. The molecule has 0 radical (unpaired) electrons. The summed E-state index contributed by atoms with van der Waals surface area (Å²) in [4.78, 5) is 14.6. The van der Waals surface area contributed by atoms with Crippen molar-refractivity contribution in [3.63, 3.8) is 0 Å². The lowest BCUT2D eigenvalue weighted by atomic mass is 9.81. The van der Waals surface area contributed by atoms with Gasteiger partial charge in [0.05, 0.1) is 13.2 Å². The van der Waals surface area contributed by atoms with Crippen LogP contribution < -0.4 is 10.2 Å². The molecule has 0 aliphatic carbocycles. The maximum Gasteiger partial charge on any atom is 0.251 e. The van der Waals surface area contributed by atoms with Crippen molar-refractivity contribution < 1.29 is 9.53 Å². The number of amides is 1. The summed E-state index contributed by atoms with van der Waals surface area (Å²) in [6.07, 6.45) is 0. The fraction of sp³-hybridized carbons (Fsp3) is 0.471. The van der Waals surface area contributed by atoms with E-state index in [9.17, 15) is 4.79 Å². The zero-order valence-electron chi connectivity index (χ0n) is 13.6. The summed E-state index contributed by atoms with van der Waals surface area (Å²) in [6.45, 7) is 5.78. The molecule has 1 aromatic carbocycles. The smallest absolute Gasteiger partial charge is 0.251 e. The first-order valence-corrected chi connectivity index (χ1v) is 8.94. The van der Waals surface area contributed by atoms with E-state index >= 15 is 0 Å². The number of nitrogens with one attached hydrogen (secondary N) is 1. The molecule has 2 atom stereocenters. The minimum atomic E-state index is -0.0377. The Morgan fingerprint density at radius 3 is 3.00 bits per heavy atom. The Morgan fingerprint density at radius 1 is 1.42 bits per heavy atom. The lowest BCUT2D eigenvalue weighted by Crippen LogP contribution is -2.43. The van der Waals surface area contributed by atoms with Crippen molar-refractivity contribution in [3.05, 3.63) is 40.9 Å². The SMILES string of the molecule is Cc1nnc(N2C[C@@H]3COC[C@]3(CNC(=O)c3ccccc3)C2)s1. The monoisotopic (exact) mass is 344 g/mol. The largest absolute Gasteiger partial charge is 0.380 e. The average Bonchev–Trinajstić information content (AvgIpc) is 3.27. The second kappa shape index (κ2) is 6.14. The zero-order chi connectivity index (χ0) is 16.6. The van der Waals surface area contributed by atoms with Crippen LogP contribution in [0.3, 0.4) is 0 Å². The Kier molecular flexibility index (Phi) is 3.97.